The van der Waals surface area contributed by atoms with E-state index in [1.54, 1.807) is 0 Å². The zero-order chi connectivity index (χ0) is 13.3. The average molecular weight is 258 g/mol. The molecule has 0 radical (unpaired) electrons. The molecule has 0 amide bonds. The lowest BCUT2D eigenvalue weighted by Crippen LogP contribution is -2.18. The quantitative estimate of drug-likeness (QED) is 0.880. The van der Waals surface area contributed by atoms with Crippen molar-refractivity contribution < 1.29 is 23.1 Å². The van der Waals surface area contributed by atoms with Crippen molar-refractivity contribution in [2.75, 3.05) is 0 Å². The lowest BCUT2D eigenvalue weighted by Gasteiger charge is -2.09. The minimum Gasteiger partial charge on any atom is -0.478 e. The van der Waals surface area contributed by atoms with Crippen LogP contribution in [0.2, 0.25) is 0 Å². The molecule has 0 fully saturated rings. The van der Waals surface area contributed by atoms with Gasteiger partial charge in [-0.15, -0.1) is 5.10 Å². The Balaban J connectivity index is 2.67. The van der Waals surface area contributed by atoms with Crippen LogP contribution in [0.4, 0.5) is 13.2 Å². The molecule has 0 bridgehead atoms. The molecule has 0 aromatic carbocycles. The molecule has 2 aromatic heterocycles. The van der Waals surface area contributed by atoms with E-state index in [9.17, 15) is 18.0 Å². The molecule has 0 saturated carbocycles. The highest BCUT2D eigenvalue weighted by molar-refractivity contribution is 5.89. The van der Waals surface area contributed by atoms with Gasteiger partial charge in [-0.05, 0) is 12.1 Å². The molecule has 0 atom stereocenters. The number of hydrogen-bond donors (Lipinski definition) is 1. The Hall–Kier alpha value is -2.45. The fourth-order valence-electron chi connectivity index (χ4n) is 1.36. The van der Waals surface area contributed by atoms with Crippen LogP contribution in [0.15, 0.2) is 24.5 Å². The summed E-state index contributed by atoms with van der Waals surface area (Å²) in [6.07, 6.45) is -2.96. The number of carboxylic acid groups (broad SMARTS) is 1. The van der Waals surface area contributed by atoms with Gasteiger partial charge in [0.15, 0.2) is 11.5 Å². The van der Waals surface area contributed by atoms with Crippen molar-refractivity contribution in [1.82, 2.24) is 20.0 Å². The van der Waals surface area contributed by atoms with Crippen molar-refractivity contribution in [3.05, 3.63) is 35.8 Å². The van der Waals surface area contributed by atoms with E-state index in [0.717, 1.165) is 0 Å². The molecule has 0 saturated heterocycles. The standard InChI is InChI=1S/C9H5F3N4O2/c10-9(11,12)7-5(8(17)18)4-14-16(7)6-2-1-3-13-15-6/h1-4H,(H,17,18). The fraction of sp³-hybridized carbons (Fsp3) is 0.111. The van der Waals surface area contributed by atoms with E-state index in [1.165, 1.54) is 18.3 Å². The summed E-state index contributed by atoms with van der Waals surface area (Å²) in [6.45, 7) is 0. The monoisotopic (exact) mass is 258 g/mol. The molecule has 94 valence electrons. The Morgan fingerprint density at radius 2 is 2.11 bits per heavy atom. The highest BCUT2D eigenvalue weighted by Gasteiger charge is 2.40. The van der Waals surface area contributed by atoms with Crippen LogP contribution < -0.4 is 0 Å². The molecule has 2 heterocycles. The predicted molar refractivity (Wildman–Crippen MR) is 51.1 cm³/mol. The van der Waals surface area contributed by atoms with Gasteiger partial charge in [-0.2, -0.15) is 23.4 Å². The number of aromatic nitrogens is 4. The van der Waals surface area contributed by atoms with Crippen LogP contribution in [0.25, 0.3) is 5.82 Å². The first kappa shape index (κ1) is 12.0. The molecule has 0 unspecified atom stereocenters. The number of aromatic carboxylic acids is 1. The minimum absolute atomic E-state index is 0.211. The summed E-state index contributed by atoms with van der Waals surface area (Å²) in [6, 6.07) is 2.60. The van der Waals surface area contributed by atoms with Gasteiger partial charge in [0.05, 0.1) is 6.20 Å². The maximum Gasteiger partial charge on any atom is 0.434 e. The van der Waals surface area contributed by atoms with Crippen LogP contribution in [0, 0.1) is 0 Å². The SMILES string of the molecule is O=C(O)c1cnn(-c2cccnn2)c1C(F)(F)F. The van der Waals surface area contributed by atoms with E-state index in [4.69, 9.17) is 5.11 Å². The summed E-state index contributed by atoms with van der Waals surface area (Å²) in [5.74, 6) is -1.92. The van der Waals surface area contributed by atoms with Crippen LogP contribution >= 0.6 is 0 Å². The maximum absolute atomic E-state index is 12.8. The smallest absolute Gasteiger partial charge is 0.434 e. The van der Waals surface area contributed by atoms with Crippen molar-refractivity contribution >= 4 is 5.97 Å². The van der Waals surface area contributed by atoms with Gasteiger partial charge in [0.2, 0.25) is 0 Å². The molecule has 9 heteroatoms. The number of carbonyl (C=O) groups is 1. The summed E-state index contributed by atoms with van der Waals surface area (Å²) in [7, 11) is 0. The number of rotatable bonds is 2. The van der Waals surface area contributed by atoms with E-state index < -0.39 is 23.4 Å². The van der Waals surface area contributed by atoms with Gasteiger partial charge in [0.1, 0.15) is 5.56 Å². The third kappa shape index (κ3) is 2.01. The number of halogens is 3. The molecule has 6 nitrogen and oxygen atoms in total. The van der Waals surface area contributed by atoms with Crippen LogP contribution in [0.3, 0.4) is 0 Å². The molecular formula is C9H5F3N4O2. The van der Waals surface area contributed by atoms with Crippen molar-refractivity contribution in [2.45, 2.75) is 6.18 Å². The van der Waals surface area contributed by atoms with Crippen molar-refractivity contribution in [1.29, 1.82) is 0 Å². The van der Waals surface area contributed by atoms with Gasteiger partial charge in [-0.3, -0.25) is 0 Å². The third-order valence-electron chi connectivity index (χ3n) is 2.04. The van der Waals surface area contributed by atoms with Gasteiger partial charge in [-0.25, -0.2) is 9.48 Å². The second-order valence-electron chi connectivity index (χ2n) is 3.20. The lowest BCUT2D eigenvalue weighted by atomic mass is 10.2. The van der Waals surface area contributed by atoms with Crippen molar-refractivity contribution in [3.8, 4) is 5.82 Å². The summed E-state index contributed by atoms with van der Waals surface area (Å²) < 4.78 is 38.8. The van der Waals surface area contributed by atoms with E-state index in [0.29, 0.717) is 10.9 Å². The molecule has 0 aliphatic rings. The third-order valence-corrected chi connectivity index (χ3v) is 2.04. The first-order valence-corrected chi connectivity index (χ1v) is 4.58. The van der Waals surface area contributed by atoms with Crippen LogP contribution in [0.1, 0.15) is 16.1 Å². The Morgan fingerprint density at radius 3 is 2.61 bits per heavy atom. The normalized spacial score (nSPS) is 11.5. The molecule has 2 rings (SSSR count). The largest absolute Gasteiger partial charge is 0.478 e. The minimum atomic E-state index is -4.86. The van der Waals surface area contributed by atoms with E-state index in [2.05, 4.69) is 15.3 Å². The van der Waals surface area contributed by atoms with Crippen molar-refractivity contribution in [2.24, 2.45) is 0 Å². The number of alkyl halides is 3. The number of hydrogen-bond acceptors (Lipinski definition) is 4. The Morgan fingerprint density at radius 1 is 1.39 bits per heavy atom. The van der Waals surface area contributed by atoms with Gasteiger partial charge in [0, 0.05) is 6.20 Å². The second-order valence-corrected chi connectivity index (χ2v) is 3.20. The molecule has 0 spiro atoms. The van der Waals surface area contributed by atoms with Crippen LogP contribution in [0.5, 0.6) is 0 Å². The summed E-state index contributed by atoms with van der Waals surface area (Å²) in [4.78, 5) is 10.7. The maximum atomic E-state index is 12.8. The molecular weight excluding hydrogens is 253 g/mol. The molecule has 2 aromatic rings. The first-order chi connectivity index (χ1) is 8.41. The van der Waals surface area contributed by atoms with Gasteiger partial charge >= 0.3 is 12.1 Å². The highest BCUT2D eigenvalue weighted by atomic mass is 19.4. The molecule has 18 heavy (non-hydrogen) atoms. The Kier molecular flexibility index (Phi) is 2.73. The van der Waals surface area contributed by atoms with Gasteiger partial charge in [0.25, 0.3) is 0 Å². The second kappa shape index (κ2) is 4.09. The topological polar surface area (TPSA) is 80.9 Å². The lowest BCUT2D eigenvalue weighted by molar-refractivity contribution is -0.143. The van der Waals surface area contributed by atoms with Gasteiger partial charge in [-0.1, -0.05) is 0 Å². The molecule has 0 aliphatic heterocycles. The zero-order valence-corrected chi connectivity index (χ0v) is 8.59. The Labute approximate surface area is 97.7 Å². The summed E-state index contributed by atoms with van der Waals surface area (Å²) >= 11 is 0. The van der Waals surface area contributed by atoms with Crippen LogP contribution in [-0.2, 0) is 6.18 Å². The van der Waals surface area contributed by atoms with Gasteiger partial charge < -0.3 is 5.11 Å². The van der Waals surface area contributed by atoms with Crippen molar-refractivity contribution in [3.63, 3.8) is 0 Å². The fourth-order valence-corrected chi connectivity index (χ4v) is 1.36. The summed E-state index contributed by atoms with van der Waals surface area (Å²) in [5.41, 5.74) is -2.33. The van der Waals surface area contributed by atoms with Crippen LogP contribution in [-0.4, -0.2) is 31.1 Å². The number of nitrogens with zero attached hydrogens (tertiary/aromatic N) is 4. The van der Waals surface area contributed by atoms with E-state index in [-0.39, 0.29) is 5.82 Å². The zero-order valence-electron chi connectivity index (χ0n) is 8.59. The Bertz CT molecular complexity index is 579. The first-order valence-electron chi connectivity index (χ1n) is 4.58. The summed E-state index contributed by atoms with van der Waals surface area (Å²) in [5, 5.41) is 19.0. The molecule has 0 aliphatic carbocycles. The predicted octanol–water partition coefficient (Wildman–Crippen LogP) is 1.38. The van der Waals surface area contributed by atoms with E-state index in [1.807, 2.05) is 0 Å². The molecule has 1 N–H and O–H groups in total. The number of carboxylic acids is 1. The average Bonchev–Trinajstić information content (AvgIpc) is 2.74. The van der Waals surface area contributed by atoms with E-state index >= 15 is 0 Å². The highest BCUT2D eigenvalue weighted by Crippen LogP contribution is 2.33.